The SMILES string of the molecule is CCOC(=O)CCNC(=O)C=Cc1ccc(C)c(Cl)c1. The van der Waals surface area contributed by atoms with E-state index in [1.54, 1.807) is 19.1 Å². The average Bonchev–Trinajstić information content (AvgIpc) is 2.40. The Morgan fingerprint density at radius 3 is 2.80 bits per heavy atom. The maximum Gasteiger partial charge on any atom is 0.307 e. The van der Waals surface area contributed by atoms with Gasteiger partial charge in [0, 0.05) is 17.6 Å². The minimum absolute atomic E-state index is 0.170. The molecule has 0 aromatic heterocycles. The summed E-state index contributed by atoms with van der Waals surface area (Å²) in [6.45, 7) is 4.27. The molecule has 108 valence electrons. The van der Waals surface area contributed by atoms with Crippen molar-refractivity contribution in [2.75, 3.05) is 13.2 Å². The van der Waals surface area contributed by atoms with E-state index in [4.69, 9.17) is 16.3 Å². The first-order chi connectivity index (χ1) is 9.52. The normalized spacial score (nSPS) is 10.6. The summed E-state index contributed by atoms with van der Waals surface area (Å²) in [7, 11) is 0. The molecule has 0 fully saturated rings. The molecule has 1 aromatic carbocycles. The molecule has 0 heterocycles. The van der Waals surface area contributed by atoms with Crippen LogP contribution in [0.4, 0.5) is 0 Å². The van der Waals surface area contributed by atoms with Crippen molar-refractivity contribution >= 4 is 29.6 Å². The fourth-order valence-electron chi connectivity index (χ4n) is 1.46. The molecule has 0 spiro atoms. The van der Waals surface area contributed by atoms with Crippen LogP contribution in [0.5, 0.6) is 0 Å². The van der Waals surface area contributed by atoms with E-state index in [-0.39, 0.29) is 24.8 Å². The Balaban J connectivity index is 2.39. The van der Waals surface area contributed by atoms with Crippen molar-refractivity contribution in [1.82, 2.24) is 5.32 Å². The fourth-order valence-corrected chi connectivity index (χ4v) is 1.65. The van der Waals surface area contributed by atoms with Gasteiger partial charge in [0.15, 0.2) is 0 Å². The van der Waals surface area contributed by atoms with Crippen LogP contribution >= 0.6 is 11.6 Å². The summed E-state index contributed by atoms with van der Waals surface area (Å²) < 4.78 is 4.75. The number of nitrogens with one attached hydrogen (secondary N) is 1. The second-order valence-corrected chi connectivity index (χ2v) is 4.60. The van der Waals surface area contributed by atoms with Crippen LogP contribution in [0.25, 0.3) is 6.08 Å². The third-order valence-electron chi connectivity index (χ3n) is 2.56. The lowest BCUT2D eigenvalue weighted by atomic mass is 10.1. The molecule has 0 unspecified atom stereocenters. The van der Waals surface area contributed by atoms with E-state index in [1.165, 1.54) is 6.08 Å². The number of carbonyl (C=O) groups excluding carboxylic acids is 2. The first kappa shape index (κ1) is 16.2. The summed E-state index contributed by atoms with van der Waals surface area (Å²) in [5.74, 6) is -0.576. The topological polar surface area (TPSA) is 55.4 Å². The maximum atomic E-state index is 11.5. The maximum absolute atomic E-state index is 11.5. The van der Waals surface area contributed by atoms with Crippen LogP contribution in [0, 0.1) is 6.92 Å². The van der Waals surface area contributed by atoms with Crippen molar-refractivity contribution in [2.45, 2.75) is 20.3 Å². The Bertz CT molecular complexity index is 512. The van der Waals surface area contributed by atoms with E-state index in [0.717, 1.165) is 11.1 Å². The molecule has 1 N–H and O–H groups in total. The largest absolute Gasteiger partial charge is 0.466 e. The third-order valence-corrected chi connectivity index (χ3v) is 2.96. The zero-order valence-corrected chi connectivity index (χ0v) is 12.4. The van der Waals surface area contributed by atoms with Gasteiger partial charge in [-0.2, -0.15) is 0 Å². The lowest BCUT2D eigenvalue weighted by Gasteiger charge is -2.02. The lowest BCUT2D eigenvalue weighted by molar-refractivity contribution is -0.142. The van der Waals surface area contributed by atoms with Crippen molar-refractivity contribution in [3.8, 4) is 0 Å². The minimum Gasteiger partial charge on any atom is -0.466 e. The second-order valence-electron chi connectivity index (χ2n) is 4.19. The van der Waals surface area contributed by atoms with E-state index in [9.17, 15) is 9.59 Å². The van der Waals surface area contributed by atoms with E-state index >= 15 is 0 Å². The third kappa shape index (κ3) is 5.89. The molecule has 1 rings (SSSR count). The van der Waals surface area contributed by atoms with Gasteiger partial charge >= 0.3 is 5.97 Å². The molecular weight excluding hydrogens is 278 g/mol. The van der Waals surface area contributed by atoms with Crippen molar-refractivity contribution < 1.29 is 14.3 Å². The Labute approximate surface area is 123 Å². The number of halogens is 1. The number of amides is 1. The average molecular weight is 296 g/mol. The number of hydrogen-bond donors (Lipinski definition) is 1. The quantitative estimate of drug-likeness (QED) is 0.648. The molecule has 0 radical (unpaired) electrons. The number of benzene rings is 1. The van der Waals surface area contributed by atoms with Gasteiger partial charge in [0.1, 0.15) is 0 Å². The van der Waals surface area contributed by atoms with Gasteiger partial charge in [-0.25, -0.2) is 0 Å². The summed E-state index contributed by atoms with van der Waals surface area (Å²) in [6.07, 6.45) is 3.25. The van der Waals surface area contributed by atoms with Crippen molar-refractivity contribution in [3.05, 3.63) is 40.4 Å². The van der Waals surface area contributed by atoms with Crippen molar-refractivity contribution in [1.29, 1.82) is 0 Å². The van der Waals surface area contributed by atoms with Crippen molar-refractivity contribution in [2.24, 2.45) is 0 Å². The molecule has 0 aliphatic heterocycles. The number of hydrogen-bond acceptors (Lipinski definition) is 3. The molecule has 20 heavy (non-hydrogen) atoms. The van der Waals surface area contributed by atoms with Gasteiger partial charge in [-0.05, 0) is 37.1 Å². The van der Waals surface area contributed by atoms with E-state index in [2.05, 4.69) is 5.32 Å². The Kier molecular flexibility index (Phi) is 6.81. The number of aryl methyl sites for hydroxylation is 1. The van der Waals surface area contributed by atoms with Gasteiger partial charge < -0.3 is 10.1 Å². The van der Waals surface area contributed by atoms with Crippen LogP contribution in [-0.4, -0.2) is 25.0 Å². The molecule has 1 aromatic rings. The minimum atomic E-state index is -0.318. The summed E-state index contributed by atoms with van der Waals surface area (Å²) in [5.41, 5.74) is 1.84. The van der Waals surface area contributed by atoms with Crippen LogP contribution in [-0.2, 0) is 14.3 Å². The summed E-state index contributed by atoms with van der Waals surface area (Å²) in [5, 5.41) is 3.27. The zero-order chi connectivity index (χ0) is 15.0. The highest BCUT2D eigenvalue weighted by atomic mass is 35.5. The Morgan fingerprint density at radius 1 is 1.40 bits per heavy atom. The molecule has 0 aliphatic rings. The van der Waals surface area contributed by atoms with Gasteiger partial charge in [-0.1, -0.05) is 23.7 Å². The number of carbonyl (C=O) groups is 2. The number of ether oxygens (including phenoxy) is 1. The first-order valence-electron chi connectivity index (χ1n) is 6.40. The summed E-state index contributed by atoms with van der Waals surface area (Å²) in [6, 6.07) is 5.56. The summed E-state index contributed by atoms with van der Waals surface area (Å²) >= 11 is 5.99. The van der Waals surface area contributed by atoms with Gasteiger partial charge in [0.2, 0.25) is 5.91 Å². The first-order valence-corrected chi connectivity index (χ1v) is 6.78. The van der Waals surface area contributed by atoms with Gasteiger partial charge in [-0.3, -0.25) is 9.59 Å². The van der Waals surface area contributed by atoms with Gasteiger partial charge in [-0.15, -0.1) is 0 Å². The predicted octanol–water partition coefficient (Wildman–Crippen LogP) is 2.73. The molecular formula is C15H18ClNO3. The zero-order valence-electron chi connectivity index (χ0n) is 11.6. The van der Waals surface area contributed by atoms with E-state index in [1.807, 2.05) is 19.1 Å². The van der Waals surface area contributed by atoms with Gasteiger partial charge in [0.25, 0.3) is 0 Å². The van der Waals surface area contributed by atoms with Crippen LogP contribution in [0.1, 0.15) is 24.5 Å². The molecule has 0 saturated heterocycles. The van der Waals surface area contributed by atoms with Crippen LogP contribution < -0.4 is 5.32 Å². The monoisotopic (exact) mass is 295 g/mol. The molecule has 4 nitrogen and oxygen atoms in total. The highest BCUT2D eigenvalue weighted by Gasteiger charge is 2.02. The Morgan fingerprint density at radius 2 is 2.15 bits per heavy atom. The summed E-state index contributed by atoms with van der Waals surface area (Å²) in [4.78, 5) is 22.6. The molecule has 5 heteroatoms. The Hall–Kier alpha value is -1.81. The van der Waals surface area contributed by atoms with Crippen LogP contribution in [0.3, 0.4) is 0 Å². The molecule has 0 bridgehead atoms. The van der Waals surface area contributed by atoms with E-state index < -0.39 is 0 Å². The molecule has 1 amide bonds. The van der Waals surface area contributed by atoms with E-state index in [0.29, 0.717) is 11.6 Å². The van der Waals surface area contributed by atoms with Crippen LogP contribution in [0.15, 0.2) is 24.3 Å². The standard InChI is InChI=1S/C15H18ClNO3/c1-3-20-15(19)8-9-17-14(18)7-6-12-5-4-11(2)13(16)10-12/h4-7,10H,3,8-9H2,1-2H3,(H,17,18). The lowest BCUT2D eigenvalue weighted by Crippen LogP contribution is -2.24. The second kappa shape index (κ2) is 8.38. The van der Waals surface area contributed by atoms with Crippen LogP contribution in [0.2, 0.25) is 5.02 Å². The molecule has 0 aliphatic carbocycles. The van der Waals surface area contributed by atoms with Gasteiger partial charge in [0.05, 0.1) is 13.0 Å². The fraction of sp³-hybridized carbons (Fsp3) is 0.333. The number of esters is 1. The highest BCUT2D eigenvalue weighted by molar-refractivity contribution is 6.31. The predicted molar refractivity (Wildman–Crippen MR) is 79.5 cm³/mol. The molecule has 0 saturated carbocycles. The molecule has 0 atom stereocenters. The smallest absolute Gasteiger partial charge is 0.307 e. The highest BCUT2D eigenvalue weighted by Crippen LogP contribution is 2.17. The van der Waals surface area contributed by atoms with Crippen molar-refractivity contribution in [3.63, 3.8) is 0 Å². The number of rotatable bonds is 6.